The van der Waals surface area contributed by atoms with E-state index in [0.717, 1.165) is 31.8 Å². The predicted octanol–water partition coefficient (Wildman–Crippen LogP) is 3.39. The van der Waals surface area contributed by atoms with E-state index >= 15 is 0 Å². The first-order valence-electron chi connectivity index (χ1n) is 9.02. The summed E-state index contributed by atoms with van der Waals surface area (Å²) < 4.78 is 8.05. The van der Waals surface area contributed by atoms with Crippen molar-refractivity contribution in [3.8, 4) is 0 Å². The summed E-state index contributed by atoms with van der Waals surface area (Å²) in [5, 5.41) is 9.51. The lowest BCUT2D eigenvalue weighted by Crippen LogP contribution is -2.25. The van der Waals surface area contributed by atoms with Crippen LogP contribution >= 0.6 is 0 Å². The summed E-state index contributed by atoms with van der Waals surface area (Å²) in [6.07, 6.45) is 3.26. The summed E-state index contributed by atoms with van der Waals surface area (Å²) in [7, 11) is 2.01. The van der Waals surface area contributed by atoms with Gasteiger partial charge in [-0.1, -0.05) is 12.1 Å². The molecule has 1 aliphatic rings. The number of hydrogen-bond donors (Lipinski definition) is 2. The molecule has 25 heavy (non-hydrogen) atoms. The third-order valence-corrected chi connectivity index (χ3v) is 5.47. The third-order valence-electron chi connectivity index (χ3n) is 5.47. The van der Waals surface area contributed by atoms with Gasteiger partial charge in [0.2, 0.25) is 0 Å². The molecule has 132 valence electrons. The summed E-state index contributed by atoms with van der Waals surface area (Å²) >= 11 is 0. The van der Waals surface area contributed by atoms with E-state index in [-0.39, 0.29) is 6.10 Å². The molecular formula is C20H26N4O. The van der Waals surface area contributed by atoms with Crippen molar-refractivity contribution in [1.29, 1.82) is 0 Å². The fourth-order valence-corrected chi connectivity index (χ4v) is 4.06. The average Bonchev–Trinajstić information content (AvgIpc) is 3.29. The van der Waals surface area contributed by atoms with Crippen LogP contribution in [0.4, 0.5) is 0 Å². The monoisotopic (exact) mass is 338 g/mol. The number of ether oxygens (including phenoxy) is 1. The quantitative estimate of drug-likeness (QED) is 0.750. The van der Waals surface area contributed by atoms with Gasteiger partial charge in [-0.25, -0.2) is 0 Å². The smallest absolute Gasteiger partial charge is 0.0901 e. The molecule has 5 nitrogen and oxygen atoms in total. The Balaban J connectivity index is 1.44. The molecule has 0 spiro atoms. The molecule has 0 amide bonds. The van der Waals surface area contributed by atoms with Crippen LogP contribution in [0, 0.1) is 19.8 Å². The van der Waals surface area contributed by atoms with Crippen molar-refractivity contribution in [1.82, 2.24) is 20.1 Å². The van der Waals surface area contributed by atoms with E-state index < -0.39 is 0 Å². The molecule has 1 saturated heterocycles. The van der Waals surface area contributed by atoms with E-state index in [2.05, 4.69) is 53.5 Å². The Morgan fingerprint density at radius 2 is 2.20 bits per heavy atom. The van der Waals surface area contributed by atoms with Crippen LogP contribution in [-0.2, 0) is 18.3 Å². The van der Waals surface area contributed by atoms with Gasteiger partial charge in [0, 0.05) is 61.0 Å². The molecule has 2 atom stereocenters. The van der Waals surface area contributed by atoms with Crippen molar-refractivity contribution < 1.29 is 4.74 Å². The summed E-state index contributed by atoms with van der Waals surface area (Å²) in [5.74, 6) is 0.493. The highest BCUT2D eigenvalue weighted by Gasteiger charge is 2.33. The van der Waals surface area contributed by atoms with E-state index in [0.29, 0.717) is 5.92 Å². The second kappa shape index (κ2) is 6.65. The van der Waals surface area contributed by atoms with Gasteiger partial charge in [-0.05, 0) is 38.0 Å². The summed E-state index contributed by atoms with van der Waals surface area (Å²) in [4.78, 5) is 3.28. The molecule has 0 unspecified atom stereocenters. The van der Waals surface area contributed by atoms with Gasteiger partial charge in [0.25, 0.3) is 0 Å². The maximum absolute atomic E-state index is 6.09. The second-order valence-electron chi connectivity index (χ2n) is 7.04. The van der Waals surface area contributed by atoms with Crippen molar-refractivity contribution >= 4 is 10.9 Å². The van der Waals surface area contributed by atoms with Gasteiger partial charge in [0.05, 0.1) is 11.8 Å². The first kappa shape index (κ1) is 16.4. The first-order chi connectivity index (χ1) is 12.1. The van der Waals surface area contributed by atoms with E-state index in [1.807, 2.05) is 17.9 Å². The summed E-state index contributed by atoms with van der Waals surface area (Å²) in [6, 6.07) is 8.57. The van der Waals surface area contributed by atoms with E-state index in [9.17, 15) is 0 Å². The van der Waals surface area contributed by atoms with Crippen LogP contribution in [0.15, 0.2) is 30.5 Å². The third kappa shape index (κ3) is 2.98. The predicted molar refractivity (Wildman–Crippen MR) is 99.5 cm³/mol. The van der Waals surface area contributed by atoms with Crippen molar-refractivity contribution in [3.63, 3.8) is 0 Å². The molecule has 0 bridgehead atoms. The van der Waals surface area contributed by atoms with Crippen molar-refractivity contribution in [2.45, 2.75) is 32.9 Å². The Kier molecular flexibility index (Phi) is 4.36. The van der Waals surface area contributed by atoms with Crippen LogP contribution in [0.25, 0.3) is 10.9 Å². The van der Waals surface area contributed by atoms with Crippen LogP contribution < -0.4 is 5.32 Å². The highest BCUT2D eigenvalue weighted by Crippen LogP contribution is 2.37. The summed E-state index contributed by atoms with van der Waals surface area (Å²) in [6.45, 7) is 6.88. The molecule has 5 heteroatoms. The maximum atomic E-state index is 6.09. The van der Waals surface area contributed by atoms with E-state index in [1.54, 1.807) is 0 Å². The van der Waals surface area contributed by atoms with Gasteiger partial charge in [0.15, 0.2) is 0 Å². The average molecular weight is 338 g/mol. The molecule has 1 aliphatic heterocycles. The lowest BCUT2D eigenvalue weighted by molar-refractivity contribution is 0.0894. The molecule has 0 radical (unpaired) electrons. The largest absolute Gasteiger partial charge is 0.373 e. The zero-order chi connectivity index (χ0) is 17.4. The van der Waals surface area contributed by atoms with Crippen LogP contribution in [0.2, 0.25) is 0 Å². The highest BCUT2D eigenvalue weighted by molar-refractivity contribution is 5.82. The number of aromatic nitrogens is 3. The minimum absolute atomic E-state index is 0.157. The lowest BCUT2D eigenvalue weighted by atomic mass is 9.94. The lowest BCUT2D eigenvalue weighted by Gasteiger charge is -2.20. The second-order valence-corrected chi connectivity index (χ2v) is 7.04. The Hall–Kier alpha value is -2.11. The summed E-state index contributed by atoms with van der Waals surface area (Å²) in [5.41, 5.74) is 6.12. The minimum atomic E-state index is 0.157. The molecule has 1 fully saturated rings. The number of nitrogens with one attached hydrogen (secondary N) is 2. The van der Waals surface area contributed by atoms with Crippen LogP contribution in [0.3, 0.4) is 0 Å². The standard InChI is InChI=1S/C20H26N4O/c1-13-19(14(2)24(3)23-13)20-16(8-10-25-20)12-21-11-15-5-4-6-18-17(15)7-9-22-18/h4-7,9,16,20-22H,8,10-12H2,1-3H3/t16-,20-/m1/s1. The molecular weight excluding hydrogens is 312 g/mol. The van der Waals surface area contributed by atoms with Crippen LogP contribution in [-0.4, -0.2) is 27.9 Å². The number of fused-ring (bicyclic) bond motifs is 1. The molecule has 0 saturated carbocycles. The Morgan fingerprint density at radius 1 is 1.32 bits per heavy atom. The van der Waals surface area contributed by atoms with Gasteiger partial charge in [-0.3, -0.25) is 4.68 Å². The molecule has 1 aromatic carbocycles. The number of rotatable bonds is 5. The molecule has 3 heterocycles. The number of aryl methyl sites for hydroxylation is 2. The SMILES string of the molecule is Cc1nn(C)c(C)c1[C@@H]1OCC[C@@H]1CNCc1cccc2[nH]ccc12. The topological polar surface area (TPSA) is 54.9 Å². The van der Waals surface area contributed by atoms with Crippen molar-refractivity contribution in [3.05, 3.63) is 53.0 Å². The number of nitrogens with zero attached hydrogens (tertiary/aromatic N) is 2. The van der Waals surface area contributed by atoms with Crippen LogP contribution in [0.5, 0.6) is 0 Å². The molecule has 2 aromatic heterocycles. The fraction of sp³-hybridized carbons (Fsp3) is 0.450. The molecule has 0 aliphatic carbocycles. The first-order valence-corrected chi connectivity index (χ1v) is 9.02. The number of hydrogen-bond acceptors (Lipinski definition) is 3. The van der Waals surface area contributed by atoms with Crippen molar-refractivity contribution in [2.24, 2.45) is 13.0 Å². The zero-order valence-electron chi connectivity index (χ0n) is 15.2. The highest BCUT2D eigenvalue weighted by atomic mass is 16.5. The number of aromatic amines is 1. The Labute approximate surface area is 148 Å². The van der Waals surface area contributed by atoms with Gasteiger partial charge in [-0.15, -0.1) is 0 Å². The normalized spacial score (nSPS) is 20.6. The fourth-order valence-electron chi connectivity index (χ4n) is 4.06. The van der Waals surface area contributed by atoms with Gasteiger partial charge in [-0.2, -0.15) is 5.10 Å². The Morgan fingerprint density at radius 3 is 3.00 bits per heavy atom. The van der Waals surface area contributed by atoms with Crippen LogP contribution in [0.1, 0.15) is 35.0 Å². The molecule has 2 N–H and O–H groups in total. The Bertz CT molecular complexity index is 879. The zero-order valence-corrected chi connectivity index (χ0v) is 15.2. The van der Waals surface area contributed by atoms with Gasteiger partial charge in [0.1, 0.15) is 0 Å². The van der Waals surface area contributed by atoms with Gasteiger partial charge < -0.3 is 15.0 Å². The van der Waals surface area contributed by atoms with Gasteiger partial charge >= 0.3 is 0 Å². The van der Waals surface area contributed by atoms with E-state index in [1.165, 1.54) is 27.7 Å². The number of benzene rings is 1. The minimum Gasteiger partial charge on any atom is -0.373 e. The maximum Gasteiger partial charge on any atom is 0.0901 e. The molecule has 4 rings (SSSR count). The number of H-pyrrole nitrogens is 1. The van der Waals surface area contributed by atoms with E-state index in [4.69, 9.17) is 4.74 Å². The molecule has 3 aromatic rings. The van der Waals surface area contributed by atoms with Crippen molar-refractivity contribution in [2.75, 3.05) is 13.2 Å².